The van der Waals surface area contributed by atoms with Gasteiger partial charge in [0, 0.05) is 131 Å². The van der Waals surface area contributed by atoms with E-state index in [9.17, 15) is 10.1 Å². The van der Waals surface area contributed by atoms with E-state index in [2.05, 4.69) is 149 Å². The molecule has 0 aliphatic heterocycles. The topological polar surface area (TPSA) is 348 Å². The number of aromatic amines is 4. The number of aromatic nitrogens is 28. The minimum atomic E-state index is 0.0723. The maximum Gasteiger partial charge on any atom is 0.159 e. The van der Waals surface area contributed by atoms with Gasteiger partial charge in [-0.15, -0.1) is 0 Å². The maximum atomic E-state index is 11.7. The monoisotopic (exact) mass is 1570 g/mol. The number of ketones is 1. The molecule has 30 nitrogen and oxygen atoms in total. The zero-order valence-corrected chi connectivity index (χ0v) is 66.3. The fraction of sp³-hybridized carbons (Fsp3) is 0.169. The molecule has 0 unspecified atom stereocenters. The van der Waals surface area contributed by atoms with Crippen molar-refractivity contribution in [2.75, 3.05) is 0 Å². The number of nitrogens with one attached hydrogen (secondary N) is 4. The fourth-order valence-corrected chi connectivity index (χ4v) is 14.2. The minimum Gasteiger partial charge on any atom is -0.340 e. The van der Waals surface area contributed by atoms with Gasteiger partial charge in [-0.3, -0.25) is 23.5 Å². The predicted octanol–water partition coefficient (Wildman–Crippen LogP) is 13.9. The first-order valence-electron chi connectivity index (χ1n) is 38.8. The van der Waals surface area contributed by atoms with E-state index in [-0.39, 0.29) is 5.78 Å². The van der Waals surface area contributed by atoms with E-state index < -0.39 is 0 Å². The van der Waals surface area contributed by atoms with E-state index in [0.717, 1.165) is 192 Å². The summed E-state index contributed by atoms with van der Waals surface area (Å²) in [5.41, 5.74) is 26.0. The van der Waals surface area contributed by atoms with Crippen molar-refractivity contribution in [3.63, 3.8) is 0 Å². The molecule has 20 rings (SSSR count). The lowest BCUT2D eigenvalue weighted by atomic mass is 10.0. The molecule has 0 aliphatic carbocycles. The molecule has 588 valence electrons. The highest BCUT2D eigenvalue weighted by Crippen LogP contribution is 2.35. The van der Waals surface area contributed by atoms with Crippen LogP contribution in [0.15, 0.2) is 245 Å². The molecule has 4 N–H and O–H groups in total. The van der Waals surface area contributed by atoms with E-state index in [1.165, 1.54) is 34.9 Å². The molecule has 30 heteroatoms. The van der Waals surface area contributed by atoms with Crippen molar-refractivity contribution in [3.8, 4) is 96.7 Å². The zero-order chi connectivity index (χ0) is 81.5. The fourth-order valence-electron chi connectivity index (χ4n) is 14.2. The lowest BCUT2D eigenvalue weighted by molar-refractivity contribution is 0.101. The van der Waals surface area contributed by atoms with E-state index in [4.69, 9.17) is 19.9 Å². The second-order valence-electron chi connectivity index (χ2n) is 29.0. The van der Waals surface area contributed by atoms with Crippen LogP contribution >= 0.6 is 0 Å². The number of pyridine rings is 4. The molecule has 0 fully saturated rings. The van der Waals surface area contributed by atoms with Crippen molar-refractivity contribution in [3.05, 3.63) is 313 Å². The molecule has 0 bridgehead atoms. The number of aryl methyl sites for hydroxylation is 14. The predicted molar refractivity (Wildman–Crippen MR) is 451 cm³/mol. The number of nitriles is 1. The van der Waals surface area contributed by atoms with Crippen molar-refractivity contribution >= 4 is 28.4 Å². The summed E-state index contributed by atoms with van der Waals surface area (Å²) in [6, 6.07) is 58.6. The highest BCUT2D eigenvalue weighted by atomic mass is 16.1. The van der Waals surface area contributed by atoms with Crippen LogP contribution in [0.4, 0.5) is 0 Å². The number of rotatable bonds is 21. The largest absolute Gasteiger partial charge is 0.340 e. The van der Waals surface area contributed by atoms with Gasteiger partial charge >= 0.3 is 0 Å². The third-order valence-corrected chi connectivity index (χ3v) is 20.3. The Hall–Kier alpha value is -15.8. The number of nitrogens with zero attached hydrogens (tertiary/aromatic N) is 25. The van der Waals surface area contributed by atoms with E-state index in [1.807, 2.05) is 199 Å². The van der Waals surface area contributed by atoms with Crippen LogP contribution in [0.3, 0.4) is 0 Å². The Balaban J connectivity index is 0.000000113. The number of hydrogen-bond acceptors (Lipinski definition) is 18. The summed E-state index contributed by atoms with van der Waals surface area (Å²) in [6.07, 6.45) is 28.0. The summed E-state index contributed by atoms with van der Waals surface area (Å²) in [6.45, 7) is 5.81. The molecule has 0 saturated heterocycles. The Labute approximate surface area is 681 Å². The number of carbonyl (C=O) groups excluding carboxylic acids is 1. The molecule has 0 radical (unpaired) electrons. The number of benzene rings is 4. The number of imidazole rings is 4. The quantitative estimate of drug-likeness (QED) is 0.0485. The number of Topliss-reactive ketones (excluding diaryl/α,β-unsaturated/α-hetero) is 1. The summed E-state index contributed by atoms with van der Waals surface area (Å²) < 4.78 is 14.1. The van der Waals surface area contributed by atoms with E-state index in [1.54, 1.807) is 56.4 Å². The Morgan fingerprint density at radius 3 is 1.07 bits per heavy atom. The van der Waals surface area contributed by atoms with Crippen LogP contribution < -0.4 is 0 Å². The number of hydrogen-bond donors (Lipinski definition) is 4. The van der Waals surface area contributed by atoms with Crippen LogP contribution in [0.1, 0.15) is 79.5 Å². The van der Waals surface area contributed by atoms with Crippen LogP contribution in [0.2, 0.25) is 0 Å². The first kappa shape index (κ1) is 75.9. The van der Waals surface area contributed by atoms with Crippen molar-refractivity contribution in [1.29, 1.82) is 5.26 Å². The van der Waals surface area contributed by atoms with Gasteiger partial charge in [0.15, 0.2) is 28.4 Å². The van der Waals surface area contributed by atoms with Crippen molar-refractivity contribution in [2.24, 2.45) is 28.2 Å². The van der Waals surface area contributed by atoms with Crippen LogP contribution in [0.5, 0.6) is 0 Å². The van der Waals surface area contributed by atoms with Crippen molar-refractivity contribution in [2.45, 2.75) is 72.1 Å². The van der Waals surface area contributed by atoms with Crippen LogP contribution in [0, 0.1) is 25.2 Å². The molecule has 16 heterocycles. The Morgan fingerprint density at radius 1 is 0.361 bits per heavy atom. The van der Waals surface area contributed by atoms with Gasteiger partial charge < -0.3 is 19.9 Å². The molecule has 0 saturated carbocycles. The van der Waals surface area contributed by atoms with Gasteiger partial charge in [0.25, 0.3) is 0 Å². The van der Waals surface area contributed by atoms with Crippen molar-refractivity contribution in [1.82, 2.24) is 137 Å². The molecular formula is C89H81N29O. The standard InChI is InChI=1S/C23H21N7O.C22H18N8.2C22H21N7/c1-15(31)17-5-3-4-16(12-17)6-8-20-26-22(23(27-20)19-10-11-29(2)28-19)18-7-9-21-24-14-25-30(21)13-18;1-29-11-10-18(28-29)22-21(17-7-9-20-24-14-25-30(20)13-17)26-19(27-22)8-6-15-4-2-3-5-16(15)12-23;1-15-3-5-16(6-4-15)7-9-19-25-21(22(26-19)18-11-12-28(2)27-18)17-8-10-20-23-14-24-29(20)13-17;1-15-4-3-5-16(12-15)6-8-19-25-21(22(26-19)18-10-11-28(2)27-18)17-7-9-20-23-14-24-29(20)13-17/h3-5,7,9-14H,6,8H2,1-2H3,(H,26,27);2-5,7,9-11,13-14H,6,8H2,1H3,(H,26,27);3-6,8,10-14H,7,9H2,1-2H3,(H,25,26);3-5,7,9-14H,6,8H2,1-2H3,(H,25,26). The summed E-state index contributed by atoms with van der Waals surface area (Å²) >= 11 is 0. The van der Waals surface area contributed by atoms with Gasteiger partial charge in [-0.25, -0.2) is 57.9 Å². The molecule has 0 spiro atoms. The molecule has 16 aromatic heterocycles. The molecule has 20 aromatic rings. The number of carbonyl (C=O) groups is 1. The van der Waals surface area contributed by atoms with Crippen LogP contribution in [-0.2, 0) is 79.6 Å². The lowest BCUT2D eigenvalue weighted by Gasteiger charge is -2.02. The molecule has 4 aromatic carbocycles. The SMILES string of the molecule is CC(=O)c1cccc(CCc2nc(-c3ccc4ncnn4c3)c(-c3ccn(C)n3)[nH]2)c1.Cc1ccc(CCc2nc(-c3ccc4ncnn4c3)c(-c3ccn(C)n3)[nH]2)cc1.Cc1cccc(CCc2nc(-c3ccc4ncnn4c3)c(-c3ccn(C)n3)[nH]2)c1.Cn1ccc(-c2[nH]c(CCc3ccccc3C#N)nc2-c2ccc3ncnn3c2)n1. The summed E-state index contributed by atoms with van der Waals surface area (Å²) in [4.78, 5) is 62.1. The Morgan fingerprint density at radius 2 is 0.714 bits per heavy atom. The van der Waals surface area contributed by atoms with E-state index in [0.29, 0.717) is 18.4 Å². The number of fused-ring (bicyclic) bond motifs is 4. The average Bonchev–Trinajstić information content (AvgIpc) is 1.66. The zero-order valence-electron chi connectivity index (χ0n) is 66.3. The van der Waals surface area contributed by atoms with Crippen LogP contribution in [0.25, 0.3) is 113 Å². The Bertz CT molecular complexity index is 7000. The normalized spacial score (nSPS) is 11.3. The summed E-state index contributed by atoms with van der Waals surface area (Å²) in [7, 11) is 7.61. The van der Waals surface area contributed by atoms with Gasteiger partial charge in [0.2, 0.25) is 0 Å². The minimum absolute atomic E-state index is 0.0723. The van der Waals surface area contributed by atoms with Gasteiger partial charge in [-0.05, 0) is 154 Å². The highest BCUT2D eigenvalue weighted by molar-refractivity contribution is 5.94. The lowest BCUT2D eigenvalue weighted by Crippen LogP contribution is -1.97. The molecule has 119 heavy (non-hydrogen) atoms. The third kappa shape index (κ3) is 17.3. The Kier molecular flexibility index (Phi) is 21.5. The average molecular weight is 1570 g/mol. The summed E-state index contributed by atoms with van der Waals surface area (Å²) in [5.74, 6) is 3.67. The maximum absolute atomic E-state index is 11.7. The molecule has 0 aliphatic rings. The second-order valence-corrected chi connectivity index (χ2v) is 29.0. The van der Waals surface area contributed by atoms with E-state index >= 15 is 0 Å². The summed E-state index contributed by atoms with van der Waals surface area (Å²) in [5, 5.41) is 44.5. The van der Waals surface area contributed by atoms with Gasteiger partial charge in [0.05, 0.1) is 57.2 Å². The third-order valence-electron chi connectivity index (χ3n) is 20.3. The van der Waals surface area contributed by atoms with Crippen molar-refractivity contribution < 1.29 is 4.79 Å². The highest BCUT2D eigenvalue weighted by Gasteiger charge is 2.23. The second kappa shape index (κ2) is 33.7. The molecule has 0 amide bonds. The van der Waals surface area contributed by atoms with Gasteiger partial charge in [-0.1, -0.05) is 96.1 Å². The molecular weight excluding hydrogens is 1490 g/mol. The van der Waals surface area contributed by atoms with Gasteiger partial charge in [0.1, 0.15) is 71.4 Å². The molecule has 0 atom stereocenters. The first-order valence-corrected chi connectivity index (χ1v) is 38.8. The first-order chi connectivity index (χ1) is 58.1. The van der Waals surface area contributed by atoms with Crippen LogP contribution in [-0.4, -0.2) is 143 Å². The smallest absolute Gasteiger partial charge is 0.159 e. The van der Waals surface area contributed by atoms with Gasteiger partial charge in [-0.2, -0.15) is 46.1 Å². The number of H-pyrrole nitrogens is 4.